The highest BCUT2D eigenvalue weighted by Gasteiger charge is 2.09. The number of nitrogens with zero attached hydrogens (tertiary/aromatic N) is 1. The molecule has 1 atom stereocenters. The van der Waals surface area contributed by atoms with E-state index in [-0.39, 0.29) is 5.92 Å². The van der Waals surface area contributed by atoms with Crippen molar-refractivity contribution in [3.63, 3.8) is 0 Å². The van der Waals surface area contributed by atoms with Gasteiger partial charge in [-0.05, 0) is 31.4 Å². The number of oxime groups is 1. The lowest BCUT2D eigenvalue weighted by Gasteiger charge is -2.09. The summed E-state index contributed by atoms with van der Waals surface area (Å²) in [4.78, 5) is 10.6. The molecule has 2 N–H and O–H groups in total. The predicted molar refractivity (Wildman–Crippen MR) is 72.0 cm³/mol. The zero-order chi connectivity index (χ0) is 14.1. The lowest BCUT2D eigenvalue weighted by molar-refractivity contribution is -0.141. The van der Waals surface area contributed by atoms with Crippen LogP contribution in [-0.4, -0.2) is 29.1 Å². The van der Waals surface area contributed by atoms with E-state index in [4.69, 9.17) is 15.1 Å². The van der Waals surface area contributed by atoms with Crippen molar-refractivity contribution in [2.24, 2.45) is 11.1 Å². The molecule has 1 rings (SSSR count). The second-order valence-corrected chi connectivity index (χ2v) is 4.37. The molecular formula is C14H19NO4. The molecule has 0 amide bonds. The van der Waals surface area contributed by atoms with Crippen LogP contribution in [0.25, 0.3) is 0 Å². The van der Waals surface area contributed by atoms with E-state index in [1.165, 1.54) is 6.21 Å². The van der Waals surface area contributed by atoms with E-state index in [1.54, 1.807) is 19.1 Å². The highest BCUT2D eigenvalue weighted by Crippen LogP contribution is 2.16. The zero-order valence-electron chi connectivity index (χ0n) is 11.0. The largest absolute Gasteiger partial charge is 0.493 e. The molecule has 0 aromatic heterocycles. The Morgan fingerprint density at radius 2 is 2.16 bits per heavy atom. The molecule has 0 heterocycles. The Morgan fingerprint density at radius 1 is 1.42 bits per heavy atom. The Kier molecular flexibility index (Phi) is 6.43. The first kappa shape index (κ1) is 15.0. The minimum Gasteiger partial charge on any atom is -0.493 e. The van der Waals surface area contributed by atoms with Gasteiger partial charge in [-0.2, -0.15) is 0 Å². The van der Waals surface area contributed by atoms with Gasteiger partial charge in [-0.1, -0.05) is 24.2 Å². The second kappa shape index (κ2) is 8.13. The van der Waals surface area contributed by atoms with Gasteiger partial charge in [0.1, 0.15) is 5.75 Å². The van der Waals surface area contributed by atoms with E-state index in [0.717, 1.165) is 12.8 Å². The number of hydrogen-bond acceptors (Lipinski definition) is 4. The number of carboxylic acids is 1. The van der Waals surface area contributed by atoms with E-state index >= 15 is 0 Å². The number of carboxylic acid groups (broad SMARTS) is 1. The standard InChI is InChI=1S/C14H19NO4/c1-11(14(16)17)6-4-5-9-19-13-8-3-2-7-12(13)10-15-18/h2-3,7-8,10-11,18H,4-6,9H2,1H3,(H,16,17)/b15-10-. The van der Waals surface area contributed by atoms with Gasteiger partial charge in [0, 0.05) is 5.56 Å². The van der Waals surface area contributed by atoms with Crippen LogP contribution in [0.5, 0.6) is 5.75 Å². The van der Waals surface area contributed by atoms with Crippen LogP contribution in [-0.2, 0) is 4.79 Å². The number of ether oxygens (including phenoxy) is 1. The van der Waals surface area contributed by atoms with Crippen molar-refractivity contribution in [1.29, 1.82) is 0 Å². The fourth-order valence-electron chi connectivity index (χ4n) is 1.64. The van der Waals surface area contributed by atoms with Gasteiger partial charge in [0.15, 0.2) is 0 Å². The fraction of sp³-hybridized carbons (Fsp3) is 0.429. The van der Waals surface area contributed by atoms with E-state index < -0.39 is 5.97 Å². The van der Waals surface area contributed by atoms with Gasteiger partial charge >= 0.3 is 5.97 Å². The van der Waals surface area contributed by atoms with Crippen LogP contribution < -0.4 is 4.74 Å². The van der Waals surface area contributed by atoms with Crippen molar-refractivity contribution in [2.45, 2.75) is 26.2 Å². The first-order chi connectivity index (χ1) is 9.15. The molecule has 1 aromatic rings. The van der Waals surface area contributed by atoms with Gasteiger partial charge in [0.2, 0.25) is 0 Å². The third-order valence-corrected chi connectivity index (χ3v) is 2.83. The number of carbonyl (C=O) groups is 1. The molecule has 1 unspecified atom stereocenters. The van der Waals surface area contributed by atoms with Crippen LogP contribution in [0.2, 0.25) is 0 Å². The SMILES string of the molecule is CC(CCCCOc1ccccc1/C=N\O)C(=O)O. The Morgan fingerprint density at radius 3 is 2.84 bits per heavy atom. The average Bonchev–Trinajstić information content (AvgIpc) is 2.40. The van der Waals surface area contributed by atoms with Crippen LogP contribution in [0.3, 0.4) is 0 Å². The van der Waals surface area contributed by atoms with Gasteiger partial charge in [0.25, 0.3) is 0 Å². The topological polar surface area (TPSA) is 79.1 Å². The highest BCUT2D eigenvalue weighted by molar-refractivity contribution is 5.82. The molecule has 104 valence electrons. The molecular weight excluding hydrogens is 246 g/mol. The minimum atomic E-state index is -0.759. The molecule has 0 aliphatic heterocycles. The molecule has 0 aliphatic carbocycles. The molecule has 5 heteroatoms. The summed E-state index contributed by atoms with van der Waals surface area (Å²) in [5, 5.41) is 20.3. The molecule has 19 heavy (non-hydrogen) atoms. The minimum absolute atomic E-state index is 0.311. The van der Waals surface area contributed by atoms with E-state index in [1.807, 2.05) is 12.1 Å². The zero-order valence-corrected chi connectivity index (χ0v) is 11.0. The van der Waals surface area contributed by atoms with Crippen LogP contribution in [0.15, 0.2) is 29.4 Å². The van der Waals surface area contributed by atoms with E-state index in [0.29, 0.717) is 24.3 Å². The molecule has 0 fully saturated rings. The third-order valence-electron chi connectivity index (χ3n) is 2.83. The van der Waals surface area contributed by atoms with Crippen molar-refractivity contribution >= 4 is 12.2 Å². The second-order valence-electron chi connectivity index (χ2n) is 4.37. The van der Waals surface area contributed by atoms with Crippen molar-refractivity contribution in [1.82, 2.24) is 0 Å². The number of para-hydroxylation sites is 1. The Labute approximate surface area is 112 Å². The number of benzene rings is 1. The summed E-state index contributed by atoms with van der Waals surface area (Å²) in [6, 6.07) is 7.27. The Hall–Kier alpha value is -2.04. The lowest BCUT2D eigenvalue weighted by Crippen LogP contribution is -2.09. The maximum atomic E-state index is 10.6. The maximum Gasteiger partial charge on any atom is 0.306 e. The fourth-order valence-corrected chi connectivity index (χ4v) is 1.64. The Bertz CT molecular complexity index is 431. The van der Waals surface area contributed by atoms with Crippen LogP contribution in [0.4, 0.5) is 0 Å². The van der Waals surface area contributed by atoms with Crippen LogP contribution in [0, 0.1) is 5.92 Å². The van der Waals surface area contributed by atoms with Gasteiger partial charge in [-0.15, -0.1) is 0 Å². The number of unbranched alkanes of at least 4 members (excludes halogenated alkanes) is 1. The van der Waals surface area contributed by atoms with E-state index in [9.17, 15) is 4.79 Å². The summed E-state index contributed by atoms with van der Waals surface area (Å²) >= 11 is 0. The van der Waals surface area contributed by atoms with Gasteiger partial charge in [0.05, 0.1) is 18.7 Å². The summed E-state index contributed by atoms with van der Waals surface area (Å²) in [6.45, 7) is 2.22. The van der Waals surface area contributed by atoms with Crippen molar-refractivity contribution < 1.29 is 19.8 Å². The maximum absolute atomic E-state index is 10.6. The number of rotatable bonds is 8. The predicted octanol–water partition coefficient (Wildman–Crippen LogP) is 2.76. The molecule has 0 bridgehead atoms. The smallest absolute Gasteiger partial charge is 0.306 e. The summed E-state index contributed by atoms with van der Waals surface area (Å²) in [7, 11) is 0. The van der Waals surface area contributed by atoms with Crippen LogP contribution in [0.1, 0.15) is 31.7 Å². The lowest BCUT2D eigenvalue weighted by atomic mass is 10.1. The van der Waals surface area contributed by atoms with Crippen molar-refractivity contribution in [3.8, 4) is 5.75 Å². The number of aliphatic carboxylic acids is 1. The van der Waals surface area contributed by atoms with Gasteiger partial charge in [-0.25, -0.2) is 0 Å². The molecule has 0 aliphatic rings. The summed E-state index contributed by atoms with van der Waals surface area (Å²) < 4.78 is 5.58. The third kappa shape index (κ3) is 5.42. The molecule has 5 nitrogen and oxygen atoms in total. The quantitative estimate of drug-likeness (QED) is 0.328. The first-order valence-electron chi connectivity index (χ1n) is 6.27. The molecule has 0 saturated carbocycles. The summed E-state index contributed by atoms with van der Waals surface area (Å²) in [5.74, 6) is -0.411. The molecule has 0 spiro atoms. The highest BCUT2D eigenvalue weighted by atomic mass is 16.5. The monoisotopic (exact) mass is 265 g/mol. The normalized spacial score (nSPS) is 12.5. The Balaban J connectivity index is 2.32. The molecule has 0 saturated heterocycles. The van der Waals surface area contributed by atoms with Gasteiger partial charge < -0.3 is 15.1 Å². The van der Waals surface area contributed by atoms with Crippen LogP contribution >= 0.6 is 0 Å². The average molecular weight is 265 g/mol. The van der Waals surface area contributed by atoms with Gasteiger partial charge in [-0.3, -0.25) is 4.79 Å². The summed E-state index contributed by atoms with van der Waals surface area (Å²) in [6.07, 6.45) is 3.58. The van der Waals surface area contributed by atoms with Crippen molar-refractivity contribution in [2.75, 3.05) is 6.61 Å². The molecule has 0 radical (unpaired) electrons. The number of hydrogen-bond donors (Lipinski definition) is 2. The molecule has 1 aromatic carbocycles. The first-order valence-corrected chi connectivity index (χ1v) is 6.27. The van der Waals surface area contributed by atoms with E-state index in [2.05, 4.69) is 5.16 Å². The summed E-state index contributed by atoms with van der Waals surface area (Å²) in [5.41, 5.74) is 0.712. The van der Waals surface area contributed by atoms with Crippen molar-refractivity contribution in [3.05, 3.63) is 29.8 Å².